The Balaban J connectivity index is 1.51. The van der Waals surface area contributed by atoms with Gasteiger partial charge in [0.2, 0.25) is 0 Å². The Morgan fingerprint density at radius 3 is 2.03 bits per heavy atom. The summed E-state index contributed by atoms with van der Waals surface area (Å²) in [5.74, 6) is 1.00. The van der Waals surface area contributed by atoms with Crippen molar-refractivity contribution in [1.82, 2.24) is 9.97 Å². The molecule has 3 rings (SSSR count). The van der Waals surface area contributed by atoms with Crippen molar-refractivity contribution in [2.75, 3.05) is 6.61 Å². The van der Waals surface area contributed by atoms with Gasteiger partial charge in [-0.1, -0.05) is 88.8 Å². The Morgan fingerprint density at radius 1 is 0.750 bits per heavy atom. The minimum absolute atomic E-state index is 0.341. The van der Waals surface area contributed by atoms with E-state index in [0.29, 0.717) is 12.4 Å². The predicted octanol–water partition coefficient (Wildman–Crippen LogP) is 7.82. The summed E-state index contributed by atoms with van der Waals surface area (Å²) in [6, 6.07) is 16.2. The van der Waals surface area contributed by atoms with E-state index in [-0.39, 0.29) is 5.97 Å². The van der Waals surface area contributed by atoms with Gasteiger partial charge in [-0.3, -0.25) is 0 Å². The van der Waals surface area contributed by atoms with Crippen LogP contribution in [-0.2, 0) is 16.0 Å². The highest BCUT2D eigenvalue weighted by Gasteiger charge is 2.16. The molecule has 0 aliphatic heterocycles. The number of ether oxygens (including phenoxy) is 2. The number of esters is 1. The molecule has 36 heavy (non-hydrogen) atoms. The number of carbonyl (C=O) groups excluding carboxylic acids is 1. The number of aryl methyl sites for hydroxylation is 1. The maximum Gasteiger partial charge on any atom is 0.347 e. The molecule has 3 aromatic rings. The molecule has 1 unspecified atom stereocenters. The van der Waals surface area contributed by atoms with Gasteiger partial charge in [-0.2, -0.15) is 0 Å². The molecule has 2 aromatic carbocycles. The Bertz CT molecular complexity index is 1030. The molecule has 1 atom stereocenters. The third kappa shape index (κ3) is 8.78. The first-order valence-electron chi connectivity index (χ1n) is 13.5. The largest absolute Gasteiger partial charge is 0.479 e. The topological polar surface area (TPSA) is 61.3 Å². The Labute approximate surface area is 216 Å². The third-order valence-corrected chi connectivity index (χ3v) is 6.26. The molecule has 0 aliphatic rings. The highest BCUT2D eigenvalue weighted by molar-refractivity contribution is 5.74. The normalized spacial score (nSPS) is 11.8. The van der Waals surface area contributed by atoms with Crippen LogP contribution in [0.4, 0.5) is 0 Å². The maximum absolute atomic E-state index is 12.0. The summed E-state index contributed by atoms with van der Waals surface area (Å²) in [4.78, 5) is 21.2. The quantitative estimate of drug-likeness (QED) is 0.161. The van der Waals surface area contributed by atoms with E-state index in [4.69, 9.17) is 9.47 Å². The molecule has 1 aromatic heterocycles. The first-order chi connectivity index (χ1) is 17.6. The van der Waals surface area contributed by atoms with E-state index in [2.05, 4.69) is 48.1 Å². The molecule has 0 fully saturated rings. The SMILES string of the molecule is CCCCCCCCc1ccc(-c2ncc(-c3ccc(OC(C)C(=O)OCCCC)cc3)cn2)cc1. The number of unbranched alkanes of at least 4 members (excludes halogenated alkanes) is 6. The van der Waals surface area contributed by atoms with E-state index in [1.54, 1.807) is 6.92 Å². The third-order valence-electron chi connectivity index (χ3n) is 6.26. The van der Waals surface area contributed by atoms with Crippen LogP contribution in [0.1, 0.15) is 77.7 Å². The monoisotopic (exact) mass is 488 g/mol. The lowest BCUT2D eigenvalue weighted by Gasteiger charge is -2.14. The molecule has 0 saturated heterocycles. The van der Waals surface area contributed by atoms with E-state index in [1.165, 1.54) is 44.1 Å². The molecule has 0 amide bonds. The minimum Gasteiger partial charge on any atom is -0.479 e. The van der Waals surface area contributed by atoms with Crippen molar-refractivity contribution < 1.29 is 14.3 Å². The van der Waals surface area contributed by atoms with E-state index in [9.17, 15) is 4.79 Å². The fraction of sp³-hybridized carbons (Fsp3) is 0.452. The van der Waals surface area contributed by atoms with E-state index < -0.39 is 6.10 Å². The van der Waals surface area contributed by atoms with Crippen LogP contribution in [0.3, 0.4) is 0 Å². The highest BCUT2D eigenvalue weighted by atomic mass is 16.6. The van der Waals surface area contributed by atoms with Crippen molar-refractivity contribution in [1.29, 1.82) is 0 Å². The summed E-state index contributed by atoms with van der Waals surface area (Å²) < 4.78 is 10.9. The Morgan fingerprint density at radius 2 is 1.36 bits per heavy atom. The van der Waals surface area contributed by atoms with Crippen LogP contribution in [0.15, 0.2) is 60.9 Å². The van der Waals surface area contributed by atoms with Gasteiger partial charge in [-0.05, 0) is 49.4 Å². The lowest BCUT2D eigenvalue weighted by Crippen LogP contribution is -2.26. The van der Waals surface area contributed by atoms with E-state index >= 15 is 0 Å². The van der Waals surface area contributed by atoms with Gasteiger partial charge in [0.15, 0.2) is 11.9 Å². The van der Waals surface area contributed by atoms with Crippen molar-refractivity contribution >= 4 is 5.97 Å². The molecular formula is C31H40N2O3. The van der Waals surface area contributed by atoms with E-state index in [0.717, 1.165) is 41.8 Å². The number of rotatable bonds is 15. The van der Waals surface area contributed by atoms with Crippen LogP contribution in [0.25, 0.3) is 22.5 Å². The molecule has 5 nitrogen and oxygen atoms in total. The van der Waals surface area contributed by atoms with Crippen molar-refractivity contribution in [2.24, 2.45) is 0 Å². The molecule has 192 valence electrons. The second-order valence-corrected chi connectivity index (χ2v) is 9.32. The molecule has 0 spiro atoms. The van der Waals surface area contributed by atoms with Crippen LogP contribution in [0.2, 0.25) is 0 Å². The zero-order valence-electron chi connectivity index (χ0n) is 22.0. The van der Waals surface area contributed by atoms with Gasteiger partial charge >= 0.3 is 5.97 Å². The summed E-state index contributed by atoms with van der Waals surface area (Å²) in [5, 5.41) is 0. The smallest absolute Gasteiger partial charge is 0.347 e. The van der Waals surface area contributed by atoms with Gasteiger partial charge in [-0.25, -0.2) is 14.8 Å². The fourth-order valence-electron chi connectivity index (χ4n) is 3.97. The van der Waals surface area contributed by atoms with Gasteiger partial charge in [0.05, 0.1) is 6.61 Å². The Hall–Kier alpha value is -3.21. The maximum atomic E-state index is 12.0. The van der Waals surface area contributed by atoms with Crippen LogP contribution in [0.5, 0.6) is 5.75 Å². The first kappa shape index (κ1) is 27.4. The molecular weight excluding hydrogens is 448 g/mol. The zero-order chi connectivity index (χ0) is 25.6. The van der Waals surface area contributed by atoms with Gasteiger partial charge in [-0.15, -0.1) is 0 Å². The van der Waals surface area contributed by atoms with Gasteiger partial charge < -0.3 is 9.47 Å². The van der Waals surface area contributed by atoms with Crippen LogP contribution in [-0.4, -0.2) is 28.6 Å². The standard InChI is InChI=1S/C31H40N2O3/c1-4-6-8-9-10-11-12-25-13-15-27(16-14-25)30-32-22-28(23-33-30)26-17-19-29(20-18-26)36-24(3)31(34)35-21-7-5-2/h13-20,22-24H,4-12,21H2,1-3H3. The lowest BCUT2D eigenvalue weighted by atomic mass is 10.0. The lowest BCUT2D eigenvalue weighted by molar-refractivity contribution is -0.151. The first-order valence-corrected chi connectivity index (χ1v) is 13.5. The van der Waals surface area contributed by atoms with Gasteiger partial charge in [0, 0.05) is 23.5 Å². The predicted molar refractivity (Wildman–Crippen MR) is 146 cm³/mol. The molecule has 1 heterocycles. The average molecular weight is 489 g/mol. The number of aromatic nitrogens is 2. The molecule has 5 heteroatoms. The number of carbonyl (C=O) groups is 1. The summed E-state index contributed by atoms with van der Waals surface area (Å²) in [5.41, 5.74) is 4.31. The minimum atomic E-state index is -0.646. The molecule has 0 radical (unpaired) electrons. The summed E-state index contributed by atoms with van der Waals surface area (Å²) in [6.07, 6.45) is 13.9. The van der Waals surface area contributed by atoms with Crippen molar-refractivity contribution in [3.05, 3.63) is 66.5 Å². The molecule has 0 N–H and O–H groups in total. The van der Waals surface area contributed by atoms with Crippen LogP contribution < -0.4 is 4.74 Å². The second kappa shape index (κ2) is 15.0. The van der Waals surface area contributed by atoms with Crippen molar-refractivity contribution in [3.63, 3.8) is 0 Å². The summed E-state index contributed by atoms with van der Waals surface area (Å²) >= 11 is 0. The van der Waals surface area contributed by atoms with Gasteiger partial charge in [0.25, 0.3) is 0 Å². The number of hydrogen-bond donors (Lipinski definition) is 0. The highest BCUT2D eigenvalue weighted by Crippen LogP contribution is 2.24. The molecule has 0 bridgehead atoms. The van der Waals surface area contributed by atoms with Crippen LogP contribution in [0, 0.1) is 0 Å². The molecule has 0 saturated carbocycles. The zero-order valence-corrected chi connectivity index (χ0v) is 22.0. The fourth-order valence-corrected chi connectivity index (χ4v) is 3.97. The van der Waals surface area contributed by atoms with Crippen molar-refractivity contribution in [3.8, 4) is 28.3 Å². The second-order valence-electron chi connectivity index (χ2n) is 9.32. The number of hydrogen-bond acceptors (Lipinski definition) is 5. The van der Waals surface area contributed by atoms with E-state index in [1.807, 2.05) is 36.7 Å². The van der Waals surface area contributed by atoms with Crippen molar-refractivity contribution in [2.45, 2.75) is 84.7 Å². The Kier molecular flexibility index (Phi) is 11.4. The summed E-state index contributed by atoms with van der Waals surface area (Å²) in [6.45, 7) is 6.45. The van der Waals surface area contributed by atoms with Gasteiger partial charge in [0.1, 0.15) is 5.75 Å². The number of benzene rings is 2. The molecule has 0 aliphatic carbocycles. The summed E-state index contributed by atoms with van der Waals surface area (Å²) in [7, 11) is 0. The number of nitrogens with zero attached hydrogens (tertiary/aromatic N) is 2. The average Bonchev–Trinajstić information content (AvgIpc) is 2.91. The van der Waals surface area contributed by atoms with Crippen LogP contribution >= 0.6 is 0 Å².